The first-order valence-electron chi connectivity index (χ1n) is 16.7. The summed E-state index contributed by atoms with van der Waals surface area (Å²) in [5.74, 6) is 1.84. The summed E-state index contributed by atoms with van der Waals surface area (Å²) in [6.07, 6.45) is 8.25. The van der Waals surface area contributed by atoms with Crippen LogP contribution in [-0.4, -0.2) is 55.8 Å². The lowest BCUT2D eigenvalue weighted by atomic mass is 9.96. The van der Waals surface area contributed by atoms with Gasteiger partial charge in [-0.15, -0.1) is 0 Å². The van der Waals surface area contributed by atoms with Gasteiger partial charge in [0.1, 0.15) is 23.5 Å². The molecule has 0 heterocycles. The van der Waals surface area contributed by atoms with E-state index in [1.54, 1.807) is 13.2 Å². The Labute approximate surface area is 283 Å². The van der Waals surface area contributed by atoms with Crippen LogP contribution >= 0.6 is 0 Å². The molecule has 0 aliphatic carbocycles. The number of unbranched alkanes of at least 4 members (excludes halogenated alkanes) is 3. The number of benzene rings is 3. The molecule has 0 radical (unpaired) electrons. The number of hydrogen-bond donors (Lipinski definition) is 0. The molecule has 0 amide bonds. The highest BCUT2D eigenvalue weighted by molar-refractivity contribution is 7.90. The molecule has 47 heavy (non-hydrogen) atoms. The van der Waals surface area contributed by atoms with Crippen molar-refractivity contribution in [3.8, 4) is 28.4 Å². The van der Waals surface area contributed by atoms with Crippen molar-refractivity contribution in [2.24, 2.45) is 0 Å². The second-order valence-electron chi connectivity index (χ2n) is 11.1. The van der Waals surface area contributed by atoms with Crippen molar-refractivity contribution in [1.82, 2.24) is 0 Å². The number of carbonyl (C=O) groups excluding carboxylic acids is 2. The van der Waals surface area contributed by atoms with Gasteiger partial charge >= 0.3 is 11.9 Å². The van der Waals surface area contributed by atoms with Gasteiger partial charge in [-0.05, 0) is 129 Å². The molecule has 0 aromatic heterocycles. The molecule has 9 heteroatoms. The Hall–Kier alpha value is -3.69. The number of hydrogen-bond acceptors (Lipinski definition) is 8. The number of rotatable bonds is 22. The number of aryl methyl sites for hydroxylation is 1. The van der Waals surface area contributed by atoms with Crippen LogP contribution in [0.2, 0.25) is 0 Å². The molecule has 0 aliphatic heterocycles. The van der Waals surface area contributed by atoms with Gasteiger partial charge in [-0.2, -0.15) is 0 Å². The van der Waals surface area contributed by atoms with E-state index in [2.05, 4.69) is 6.07 Å². The maximum absolute atomic E-state index is 12.1. The molecule has 256 valence electrons. The minimum absolute atomic E-state index is 0.221. The monoisotopic (exact) mass is 666 g/mol. The first-order valence-corrected chi connectivity index (χ1v) is 18.3. The van der Waals surface area contributed by atoms with Crippen molar-refractivity contribution in [3.63, 3.8) is 0 Å². The molecule has 0 aliphatic rings. The Morgan fingerprint density at radius 1 is 0.660 bits per heavy atom. The van der Waals surface area contributed by atoms with E-state index in [1.165, 1.54) is 5.56 Å². The molecular weight excluding hydrogens is 616 g/mol. The van der Waals surface area contributed by atoms with E-state index < -0.39 is 11.2 Å². The minimum atomic E-state index is -1.02. The van der Waals surface area contributed by atoms with Crippen LogP contribution in [0, 0.1) is 0 Å². The normalized spacial score (nSPS) is 11.5. The van der Waals surface area contributed by atoms with Crippen LogP contribution in [0.3, 0.4) is 0 Å². The fraction of sp³-hybridized carbons (Fsp3) is 0.474. The van der Waals surface area contributed by atoms with Gasteiger partial charge in [0.05, 0.1) is 33.0 Å². The zero-order chi connectivity index (χ0) is 33.9. The molecule has 1 unspecified atom stereocenters. The maximum Gasteiger partial charge on any atom is 0.306 e. The van der Waals surface area contributed by atoms with E-state index in [9.17, 15) is 14.1 Å². The summed E-state index contributed by atoms with van der Waals surface area (Å²) < 4.78 is 40.0. The highest BCUT2D eigenvalue weighted by Crippen LogP contribution is 2.31. The Balaban J connectivity index is 1.52. The largest absolute Gasteiger partial charge is 0.612 e. The molecule has 8 nitrogen and oxygen atoms in total. The lowest BCUT2D eigenvalue weighted by molar-refractivity contribution is -0.144. The average Bonchev–Trinajstić information content (AvgIpc) is 3.06. The van der Waals surface area contributed by atoms with Gasteiger partial charge in [0.25, 0.3) is 0 Å². The van der Waals surface area contributed by atoms with E-state index in [-0.39, 0.29) is 11.9 Å². The summed E-state index contributed by atoms with van der Waals surface area (Å²) in [6.45, 7) is 7.85. The Kier molecular flexibility index (Phi) is 17.1. The van der Waals surface area contributed by atoms with Gasteiger partial charge in [-0.3, -0.25) is 9.59 Å². The molecule has 0 saturated carbocycles. The van der Waals surface area contributed by atoms with Gasteiger partial charge in [0.2, 0.25) is 0 Å². The highest BCUT2D eigenvalue weighted by atomic mass is 32.2. The van der Waals surface area contributed by atoms with Crippen LogP contribution in [-0.2, 0) is 43.1 Å². The van der Waals surface area contributed by atoms with Crippen LogP contribution in [0.4, 0.5) is 0 Å². The first-order chi connectivity index (χ1) is 22.8. The Morgan fingerprint density at radius 2 is 1.32 bits per heavy atom. The first kappa shape index (κ1) is 37.8. The van der Waals surface area contributed by atoms with Crippen molar-refractivity contribution in [2.45, 2.75) is 83.5 Å². The molecule has 3 aromatic rings. The van der Waals surface area contributed by atoms with Crippen LogP contribution in [0.15, 0.2) is 65.6 Å². The van der Waals surface area contributed by atoms with E-state index >= 15 is 0 Å². The molecular formula is C38H50O8S. The van der Waals surface area contributed by atoms with E-state index in [0.29, 0.717) is 58.7 Å². The maximum atomic E-state index is 12.1. The van der Waals surface area contributed by atoms with Gasteiger partial charge in [0, 0.05) is 18.9 Å². The lowest BCUT2D eigenvalue weighted by Gasteiger charge is -2.16. The molecule has 0 bridgehead atoms. The summed E-state index contributed by atoms with van der Waals surface area (Å²) >= 11 is -1.02. The lowest BCUT2D eigenvalue weighted by Crippen LogP contribution is -2.10. The second kappa shape index (κ2) is 21.2. The van der Waals surface area contributed by atoms with Crippen molar-refractivity contribution >= 4 is 23.1 Å². The third kappa shape index (κ3) is 13.5. The zero-order valence-electron chi connectivity index (χ0n) is 28.3. The van der Waals surface area contributed by atoms with E-state index in [4.69, 9.17) is 23.7 Å². The van der Waals surface area contributed by atoms with Gasteiger partial charge in [-0.25, -0.2) is 0 Å². The number of ether oxygens (including phenoxy) is 5. The molecule has 3 aromatic carbocycles. The fourth-order valence-electron chi connectivity index (χ4n) is 5.23. The van der Waals surface area contributed by atoms with Gasteiger partial charge < -0.3 is 28.2 Å². The van der Waals surface area contributed by atoms with Crippen molar-refractivity contribution in [2.75, 3.05) is 39.3 Å². The van der Waals surface area contributed by atoms with Crippen LogP contribution < -0.4 is 14.2 Å². The number of carbonyl (C=O) groups is 2. The third-order valence-corrected chi connectivity index (χ3v) is 8.46. The zero-order valence-corrected chi connectivity index (χ0v) is 29.2. The topological polar surface area (TPSA) is 103 Å². The average molecular weight is 667 g/mol. The van der Waals surface area contributed by atoms with Crippen molar-refractivity contribution < 1.29 is 37.8 Å². The van der Waals surface area contributed by atoms with Crippen LogP contribution in [0.5, 0.6) is 17.2 Å². The predicted octanol–water partition coefficient (Wildman–Crippen LogP) is 7.89. The minimum Gasteiger partial charge on any atom is -0.612 e. The Bertz CT molecular complexity index is 1370. The smallest absolute Gasteiger partial charge is 0.306 e. The van der Waals surface area contributed by atoms with Gasteiger partial charge in [-0.1, -0.05) is 25.0 Å². The van der Waals surface area contributed by atoms with Gasteiger partial charge in [0.15, 0.2) is 4.90 Å². The Morgan fingerprint density at radius 3 is 2.00 bits per heavy atom. The van der Waals surface area contributed by atoms with E-state index in [0.717, 1.165) is 70.9 Å². The molecule has 0 saturated heterocycles. The quantitative estimate of drug-likeness (QED) is 0.0606. The molecule has 0 fully saturated rings. The SMILES string of the molecule is CCOC(=O)CCCOc1cccc(CCCCCCOc2cc(OCC)cc(-c3ccc([S+](C)[O-])cc3)c2)c1CCC(=O)OCC. The summed E-state index contributed by atoms with van der Waals surface area (Å²) in [5.41, 5.74) is 4.20. The van der Waals surface area contributed by atoms with Crippen molar-refractivity contribution in [1.29, 1.82) is 0 Å². The molecule has 1 atom stereocenters. The van der Waals surface area contributed by atoms with Crippen LogP contribution in [0.1, 0.15) is 76.8 Å². The third-order valence-electron chi connectivity index (χ3n) is 7.52. The summed E-state index contributed by atoms with van der Waals surface area (Å²) in [7, 11) is 0. The predicted molar refractivity (Wildman–Crippen MR) is 186 cm³/mol. The van der Waals surface area contributed by atoms with E-state index in [1.807, 2.05) is 68.4 Å². The molecule has 0 N–H and O–H groups in total. The fourth-order valence-corrected chi connectivity index (χ4v) is 5.75. The number of esters is 2. The highest BCUT2D eigenvalue weighted by Gasteiger charge is 2.14. The van der Waals surface area contributed by atoms with Crippen molar-refractivity contribution in [3.05, 3.63) is 71.8 Å². The molecule has 0 spiro atoms. The standard InChI is InChI=1S/C38H50O8S/c1-5-42-32-26-31(29-18-20-34(21-19-29)47(4)41)27-33(28-32)45-24-11-9-8-10-14-30-15-12-16-36(35(30)22-23-38(40)44-7-3)46-25-13-17-37(39)43-6-2/h12,15-16,18-21,26-28H,5-11,13-14,17,22-25H2,1-4H3. The van der Waals surface area contributed by atoms with Crippen LogP contribution in [0.25, 0.3) is 11.1 Å². The summed E-state index contributed by atoms with van der Waals surface area (Å²) in [6, 6.07) is 19.7. The molecule has 3 rings (SSSR count). The summed E-state index contributed by atoms with van der Waals surface area (Å²) in [5, 5.41) is 0. The summed E-state index contributed by atoms with van der Waals surface area (Å²) in [4.78, 5) is 24.6. The second-order valence-corrected chi connectivity index (χ2v) is 12.5.